The van der Waals surface area contributed by atoms with Crippen molar-refractivity contribution in [2.45, 2.75) is 90.2 Å². The van der Waals surface area contributed by atoms with Crippen molar-refractivity contribution in [2.24, 2.45) is 5.92 Å². The van der Waals surface area contributed by atoms with Gasteiger partial charge in [-0.1, -0.05) is 23.6 Å². The first kappa shape index (κ1) is 29.7. The number of carbonyl (C=O) groups is 2. The molecule has 1 aliphatic heterocycles. The van der Waals surface area contributed by atoms with Gasteiger partial charge >= 0.3 is 12.1 Å². The molecule has 1 amide bonds. The van der Waals surface area contributed by atoms with Crippen molar-refractivity contribution in [1.29, 1.82) is 0 Å². The third-order valence-corrected chi connectivity index (χ3v) is 7.50. The summed E-state index contributed by atoms with van der Waals surface area (Å²) in [6.07, 6.45) is 6.72. The molecule has 9 heteroatoms. The molecule has 1 aliphatic rings. The van der Waals surface area contributed by atoms with Gasteiger partial charge in [-0.3, -0.25) is 4.79 Å². The number of aryl methyl sites for hydroxylation is 3. The van der Waals surface area contributed by atoms with E-state index in [1.165, 1.54) is 0 Å². The van der Waals surface area contributed by atoms with E-state index in [9.17, 15) is 18.0 Å². The van der Waals surface area contributed by atoms with Crippen LogP contribution in [0.25, 0.3) is 0 Å². The van der Waals surface area contributed by atoms with E-state index in [2.05, 4.69) is 5.92 Å². The average molecular weight is 522 g/mol. The highest BCUT2D eigenvalue weighted by molar-refractivity contribution is 7.86. The maximum Gasteiger partial charge on any atom is 0.410 e. The van der Waals surface area contributed by atoms with E-state index >= 15 is 0 Å². The Hall–Kier alpha value is -2.57. The number of benzene rings is 1. The molecule has 1 unspecified atom stereocenters. The minimum Gasteiger partial charge on any atom is -0.465 e. The molecule has 1 aromatic rings. The van der Waals surface area contributed by atoms with Gasteiger partial charge in [-0.15, -0.1) is 6.42 Å². The zero-order valence-corrected chi connectivity index (χ0v) is 23.1. The molecule has 200 valence electrons. The summed E-state index contributed by atoms with van der Waals surface area (Å²) in [6.45, 7) is 11.9. The third kappa shape index (κ3) is 8.82. The third-order valence-electron chi connectivity index (χ3n) is 5.87. The van der Waals surface area contributed by atoms with E-state index < -0.39 is 21.8 Å². The molecule has 0 N–H and O–H groups in total. The molecule has 0 aromatic heterocycles. The lowest BCUT2D eigenvalue weighted by atomic mass is 9.97. The van der Waals surface area contributed by atoms with Crippen molar-refractivity contribution in [3.05, 3.63) is 28.8 Å². The molecule has 1 saturated heterocycles. The van der Waals surface area contributed by atoms with Crippen molar-refractivity contribution in [3.8, 4) is 12.3 Å². The lowest BCUT2D eigenvalue weighted by Crippen LogP contribution is -2.43. The summed E-state index contributed by atoms with van der Waals surface area (Å²) in [7, 11) is -4.01. The number of ether oxygens (including phenoxy) is 2. The SMILES string of the molecule is C#CC(CCCCOC(=O)C1CCN(C(=O)OC(C)(C)C)CC1)OS(=O)(=O)c1c(C)cc(C)cc1C. The molecule has 1 aromatic carbocycles. The summed E-state index contributed by atoms with van der Waals surface area (Å²) in [5, 5.41) is 0. The Labute approximate surface area is 215 Å². The first-order chi connectivity index (χ1) is 16.7. The molecule has 0 radical (unpaired) electrons. The van der Waals surface area contributed by atoms with Gasteiger partial charge in [0.2, 0.25) is 0 Å². The lowest BCUT2D eigenvalue weighted by Gasteiger charge is -2.32. The summed E-state index contributed by atoms with van der Waals surface area (Å²) in [6, 6.07) is 3.59. The van der Waals surface area contributed by atoms with E-state index in [0.29, 0.717) is 56.3 Å². The molecule has 1 fully saturated rings. The number of amides is 1. The summed E-state index contributed by atoms with van der Waals surface area (Å²) in [4.78, 5) is 26.3. The van der Waals surface area contributed by atoms with Crippen molar-refractivity contribution >= 4 is 22.2 Å². The van der Waals surface area contributed by atoms with Gasteiger partial charge in [-0.05, 0) is 84.8 Å². The van der Waals surface area contributed by atoms with E-state index in [1.54, 1.807) is 30.9 Å². The molecular formula is C27H39NO7S. The van der Waals surface area contributed by atoms with Crippen LogP contribution in [0.1, 0.15) is 69.6 Å². The van der Waals surface area contributed by atoms with E-state index in [1.807, 2.05) is 27.7 Å². The fourth-order valence-electron chi connectivity index (χ4n) is 4.27. The predicted molar refractivity (Wildman–Crippen MR) is 137 cm³/mol. The highest BCUT2D eigenvalue weighted by atomic mass is 32.2. The van der Waals surface area contributed by atoms with Crippen molar-refractivity contribution in [1.82, 2.24) is 4.90 Å². The highest BCUT2D eigenvalue weighted by Gasteiger charge is 2.30. The number of hydrogen-bond acceptors (Lipinski definition) is 7. The summed E-state index contributed by atoms with van der Waals surface area (Å²) >= 11 is 0. The van der Waals surface area contributed by atoms with E-state index in [0.717, 1.165) is 5.56 Å². The standard InChI is InChI=1S/C27H39NO7S/c1-8-23(35-36(31,32)24-20(3)17-19(2)18-21(24)4)11-9-10-16-33-25(29)22-12-14-28(15-13-22)26(30)34-27(5,6)7/h1,17-18,22-23H,9-16H2,2-7H3. The largest absolute Gasteiger partial charge is 0.465 e. The maximum absolute atomic E-state index is 12.8. The highest BCUT2D eigenvalue weighted by Crippen LogP contribution is 2.25. The van der Waals surface area contributed by atoms with Crippen LogP contribution in [-0.4, -0.2) is 56.8 Å². The Kier molecular flexibility index (Phi) is 10.4. The number of piperidine rings is 1. The van der Waals surface area contributed by atoms with Crippen LogP contribution in [0.15, 0.2) is 17.0 Å². The minimum absolute atomic E-state index is 0.153. The molecule has 1 heterocycles. The maximum atomic E-state index is 12.8. The minimum atomic E-state index is -4.01. The second kappa shape index (κ2) is 12.6. The van der Waals surface area contributed by atoms with Gasteiger partial charge in [-0.25, -0.2) is 8.98 Å². The Bertz CT molecular complexity index is 1050. The first-order valence-electron chi connectivity index (χ1n) is 12.4. The van der Waals surface area contributed by atoms with Gasteiger partial charge in [0.05, 0.1) is 17.4 Å². The number of nitrogens with zero attached hydrogens (tertiary/aromatic N) is 1. The number of rotatable bonds is 9. The van der Waals surface area contributed by atoms with Crippen molar-refractivity contribution in [2.75, 3.05) is 19.7 Å². The van der Waals surface area contributed by atoms with Crippen LogP contribution in [-0.2, 0) is 28.6 Å². The summed E-state index contributed by atoms with van der Waals surface area (Å²) in [5.74, 6) is 1.87. The fraction of sp³-hybridized carbons (Fsp3) is 0.630. The molecule has 36 heavy (non-hydrogen) atoms. The Morgan fingerprint density at radius 2 is 1.69 bits per heavy atom. The van der Waals surface area contributed by atoms with Gasteiger partial charge in [0.25, 0.3) is 10.1 Å². The van der Waals surface area contributed by atoms with Gasteiger partial charge in [0.15, 0.2) is 0 Å². The zero-order valence-electron chi connectivity index (χ0n) is 22.3. The van der Waals surface area contributed by atoms with Gasteiger partial charge in [-0.2, -0.15) is 8.42 Å². The van der Waals surface area contributed by atoms with Crippen molar-refractivity contribution in [3.63, 3.8) is 0 Å². The quantitative estimate of drug-likeness (QED) is 0.201. The number of unbranched alkanes of at least 4 members (excludes halogenated alkanes) is 1. The summed E-state index contributed by atoms with van der Waals surface area (Å²) < 4.78 is 41.8. The van der Waals surface area contributed by atoms with Gasteiger partial charge in [0, 0.05) is 13.1 Å². The fourth-order valence-corrected chi connectivity index (χ4v) is 5.73. The molecule has 0 spiro atoms. The normalized spacial score (nSPS) is 15.8. The van der Waals surface area contributed by atoms with Crippen LogP contribution in [0.3, 0.4) is 0 Å². The first-order valence-corrected chi connectivity index (χ1v) is 13.8. The topological polar surface area (TPSA) is 99.2 Å². The molecule has 8 nitrogen and oxygen atoms in total. The lowest BCUT2D eigenvalue weighted by molar-refractivity contribution is -0.150. The van der Waals surface area contributed by atoms with E-state index in [-0.39, 0.29) is 29.5 Å². The number of hydrogen-bond donors (Lipinski definition) is 0. The monoisotopic (exact) mass is 521 g/mol. The Morgan fingerprint density at radius 3 is 2.22 bits per heavy atom. The number of terminal acetylenes is 1. The van der Waals surface area contributed by atoms with Crippen LogP contribution in [0.5, 0.6) is 0 Å². The average Bonchev–Trinajstić information content (AvgIpc) is 2.75. The Morgan fingerprint density at radius 1 is 1.11 bits per heavy atom. The number of esters is 1. The second-order valence-electron chi connectivity index (χ2n) is 10.3. The predicted octanol–water partition coefficient (Wildman–Crippen LogP) is 4.68. The molecule has 2 rings (SSSR count). The molecule has 0 saturated carbocycles. The Balaban J connectivity index is 1.74. The number of likely N-dealkylation sites (tertiary alicyclic amines) is 1. The number of carbonyl (C=O) groups excluding carboxylic acids is 2. The second-order valence-corrected chi connectivity index (χ2v) is 11.8. The zero-order chi connectivity index (χ0) is 27.1. The summed E-state index contributed by atoms with van der Waals surface area (Å²) in [5.41, 5.74) is 1.65. The van der Waals surface area contributed by atoms with Crippen LogP contribution in [0, 0.1) is 39.0 Å². The molecule has 1 atom stereocenters. The van der Waals surface area contributed by atoms with Crippen molar-refractivity contribution < 1.29 is 31.7 Å². The van der Waals surface area contributed by atoms with Crippen LogP contribution >= 0.6 is 0 Å². The van der Waals surface area contributed by atoms with Crippen LogP contribution in [0.4, 0.5) is 4.79 Å². The molecular weight excluding hydrogens is 482 g/mol. The molecule has 0 bridgehead atoms. The van der Waals surface area contributed by atoms with Gasteiger partial charge in [0.1, 0.15) is 11.7 Å². The van der Waals surface area contributed by atoms with Crippen LogP contribution < -0.4 is 0 Å². The van der Waals surface area contributed by atoms with Crippen LogP contribution in [0.2, 0.25) is 0 Å². The van der Waals surface area contributed by atoms with E-state index in [4.69, 9.17) is 20.1 Å². The molecule has 0 aliphatic carbocycles. The smallest absolute Gasteiger partial charge is 0.410 e. The van der Waals surface area contributed by atoms with Gasteiger partial charge < -0.3 is 14.4 Å².